The maximum atomic E-state index is 3.67. The van der Waals surface area contributed by atoms with E-state index in [0.29, 0.717) is 6.04 Å². The zero-order chi connectivity index (χ0) is 12.1. The van der Waals surface area contributed by atoms with Crippen LogP contribution in [0.4, 0.5) is 0 Å². The lowest BCUT2D eigenvalue weighted by Gasteiger charge is -2.25. The van der Waals surface area contributed by atoms with Gasteiger partial charge in [0, 0.05) is 6.04 Å². The van der Waals surface area contributed by atoms with Gasteiger partial charge in [-0.1, -0.05) is 29.8 Å². The maximum absolute atomic E-state index is 3.67. The molecule has 0 spiro atoms. The second-order valence-corrected chi connectivity index (χ2v) is 5.24. The lowest BCUT2D eigenvalue weighted by molar-refractivity contribution is 0.345. The van der Waals surface area contributed by atoms with Crippen LogP contribution in [0, 0.1) is 12.8 Å². The molecule has 1 fully saturated rings. The van der Waals surface area contributed by atoms with Crippen LogP contribution in [0.3, 0.4) is 0 Å². The van der Waals surface area contributed by atoms with E-state index in [-0.39, 0.29) is 0 Å². The topological polar surface area (TPSA) is 24.1 Å². The first kappa shape index (κ1) is 12.6. The van der Waals surface area contributed by atoms with E-state index in [4.69, 9.17) is 0 Å². The number of aryl methyl sites for hydroxylation is 1. The van der Waals surface area contributed by atoms with Crippen LogP contribution in [0.2, 0.25) is 0 Å². The van der Waals surface area contributed by atoms with Crippen LogP contribution in [-0.2, 0) is 0 Å². The van der Waals surface area contributed by atoms with Crippen molar-refractivity contribution in [1.29, 1.82) is 0 Å². The van der Waals surface area contributed by atoms with Crippen LogP contribution in [0.15, 0.2) is 24.3 Å². The highest BCUT2D eigenvalue weighted by molar-refractivity contribution is 5.24. The van der Waals surface area contributed by atoms with Crippen molar-refractivity contribution in [1.82, 2.24) is 10.6 Å². The molecule has 2 N–H and O–H groups in total. The smallest absolute Gasteiger partial charge is 0.0292 e. The van der Waals surface area contributed by atoms with E-state index in [1.165, 1.54) is 37.1 Å². The largest absolute Gasteiger partial charge is 0.317 e. The Bertz CT molecular complexity index is 343. The van der Waals surface area contributed by atoms with Crippen molar-refractivity contribution >= 4 is 0 Å². The molecule has 2 heteroatoms. The standard InChI is InChI=1S/C15H24N2/c1-12-4-3-5-15(10-12)13(2)17-11-14-6-8-16-9-7-14/h3-5,10,13-14,16-17H,6-9,11H2,1-2H3/t13-/m1/s1. The second-order valence-electron chi connectivity index (χ2n) is 5.24. The van der Waals surface area contributed by atoms with Crippen LogP contribution in [-0.4, -0.2) is 19.6 Å². The second kappa shape index (κ2) is 6.18. The minimum atomic E-state index is 0.463. The van der Waals surface area contributed by atoms with E-state index in [2.05, 4.69) is 48.7 Å². The van der Waals surface area contributed by atoms with Crippen LogP contribution in [0.1, 0.15) is 36.9 Å². The number of hydrogen-bond acceptors (Lipinski definition) is 2. The van der Waals surface area contributed by atoms with Gasteiger partial charge in [0.2, 0.25) is 0 Å². The third-order valence-electron chi connectivity index (χ3n) is 3.71. The molecule has 2 nitrogen and oxygen atoms in total. The molecule has 0 unspecified atom stereocenters. The molecule has 0 aromatic heterocycles. The van der Waals surface area contributed by atoms with E-state index in [9.17, 15) is 0 Å². The van der Waals surface area contributed by atoms with Crippen molar-refractivity contribution in [2.75, 3.05) is 19.6 Å². The first-order valence-electron chi connectivity index (χ1n) is 6.76. The van der Waals surface area contributed by atoms with Crippen LogP contribution < -0.4 is 10.6 Å². The molecular formula is C15H24N2. The van der Waals surface area contributed by atoms with Gasteiger partial charge in [0.25, 0.3) is 0 Å². The van der Waals surface area contributed by atoms with Crippen molar-refractivity contribution in [3.63, 3.8) is 0 Å². The van der Waals surface area contributed by atoms with Crippen molar-refractivity contribution in [2.24, 2.45) is 5.92 Å². The molecular weight excluding hydrogens is 208 g/mol. The highest BCUT2D eigenvalue weighted by Gasteiger charge is 2.14. The molecule has 0 amide bonds. The summed E-state index contributed by atoms with van der Waals surface area (Å²) < 4.78 is 0. The summed E-state index contributed by atoms with van der Waals surface area (Å²) in [5.74, 6) is 0.850. The quantitative estimate of drug-likeness (QED) is 0.834. The van der Waals surface area contributed by atoms with Gasteiger partial charge in [-0.2, -0.15) is 0 Å². The Labute approximate surface area is 105 Å². The highest BCUT2D eigenvalue weighted by atomic mass is 14.9. The summed E-state index contributed by atoms with van der Waals surface area (Å²) in [6, 6.07) is 9.26. The number of benzene rings is 1. The molecule has 0 bridgehead atoms. The molecule has 0 radical (unpaired) electrons. The van der Waals surface area contributed by atoms with Gasteiger partial charge in [0.05, 0.1) is 0 Å². The lowest BCUT2D eigenvalue weighted by Crippen LogP contribution is -2.34. The first-order chi connectivity index (χ1) is 8.25. The Kier molecular flexibility index (Phi) is 4.57. The molecule has 94 valence electrons. The van der Waals surface area contributed by atoms with E-state index in [1.807, 2.05) is 0 Å². The zero-order valence-electron chi connectivity index (χ0n) is 11.0. The van der Waals surface area contributed by atoms with Crippen LogP contribution in [0.25, 0.3) is 0 Å². The zero-order valence-corrected chi connectivity index (χ0v) is 11.0. The molecule has 1 saturated heterocycles. The molecule has 2 rings (SSSR count). The Morgan fingerprint density at radius 2 is 2.12 bits per heavy atom. The minimum absolute atomic E-state index is 0.463. The molecule has 1 aromatic carbocycles. The average Bonchev–Trinajstić information content (AvgIpc) is 2.37. The van der Waals surface area contributed by atoms with Crippen molar-refractivity contribution in [2.45, 2.75) is 32.7 Å². The summed E-state index contributed by atoms with van der Waals surface area (Å²) in [6.07, 6.45) is 2.63. The minimum Gasteiger partial charge on any atom is -0.317 e. The molecule has 1 aromatic rings. The molecule has 0 saturated carbocycles. The predicted molar refractivity (Wildman–Crippen MR) is 73.2 cm³/mol. The fourth-order valence-corrected chi connectivity index (χ4v) is 2.49. The van der Waals surface area contributed by atoms with E-state index >= 15 is 0 Å². The number of piperidine rings is 1. The van der Waals surface area contributed by atoms with Gasteiger partial charge in [0.1, 0.15) is 0 Å². The van der Waals surface area contributed by atoms with Gasteiger partial charge in [0.15, 0.2) is 0 Å². The van der Waals surface area contributed by atoms with Gasteiger partial charge in [-0.3, -0.25) is 0 Å². The van der Waals surface area contributed by atoms with Crippen LogP contribution in [0.5, 0.6) is 0 Å². The van der Waals surface area contributed by atoms with Gasteiger partial charge >= 0.3 is 0 Å². The molecule has 0 aliphatic carbocycles. The fourth-order valence-electron chi connectivity index (χ4n) is 2.49. The lowest BCUT2D eigenvalue weighted by atomic mass is 9.97. The first-order valence-corrected chi connectivity index (χ1v) is 6.76. The Balaban J connectivity index is 1.82. The maximum Gasteiger partial charge on any atom is 0.0292 e. The van der Waals surface area contributed by atoms with Gasteiger partial charge < -0.3 is 10.6 Å². The predicted octanol–water partition coefficient (Wildman–Crippen LogP) is 2.65. The van der Waals surface area contributed by atoms with Crippen LogP contribution >= 0.6 is 0 Å². The Morgan fingerprint density at radius 3 is 2.82 bits per heavy atom. The summed E-state index contributed by atoms with van der Waals surface area (Å²) in [7, 11) is 0. The van der Waals surface area contributed by atoms with Gasteiger partial charge in [-0.15, -0.1) is 0 Å². The number of rotatable bonds is 4. The molecule has 1 heterocycles. The molecule has 17 heavy (non-hydrogen) atoms. The summed E-state index contributed by atoms with van der Waals surface area (Å²) in [6.45, 7) is 7.94. The Morgan fingerprint density at radius 1 is 1.35 bits per heavy atom. The summed E-state index contributed by atoms with van der Waals surface area (Å²) in [5.41, 5.74) is 2.75. The third kappa shape index (κ3) is 3.83. The van der Waals surface area contributed by atoms with Crippen molar-refractivity contribution < 1.29 is 0 Å². The van der Waals surface area contributed by atoms with Gasteiger partial charge in [-0.05, 0) is 57.8 Å². The Hall–Kier alpha value is -0.860. The summed E-state index contributed by atoms with van der Waals surface area (Å²) in [4.78, 5) is 0. The van der Waals surface area contributed by atoms with Gasteiger partial charge in [-0.25, -0.2) is 0 Å². The normalized spacial score (nSPS) is 19.2. The van der Waals surface area contributed by atoms with E-state index in [0.717, 1.165) is 12.5 Å². The molecule has 1 aliphatic heterocycles. The molecule has 1 atom stereocenters. The number of nitrogens with one attached hydrogen (secondary N) is 2. The molecule has 1 aliphatic rings. The van der Waals surface area contributed by atoms with Crippen molar-refractivity contribution in [3.05, 3.63) is 35.4 Å². The SMILES string of the molecule is Cc1cccc([C@@H](C)NCC2CCNCC2)c1. The summed E-state index contributed by atoms with van der Waals surface area (Å²) >= 11 is 0. The van der Waals surface area contributed by atoms with Crippen molar-refractivity contribution in [3.8, 4) is 0 Å². The average molecular weight is 232 g/mol. The summed E-state index contributed by atoms with van der Waals surface area (Å²) in [5, 5.41) is 7.08. The highest BCUT2D eigenvalue weighted by Crippen LogP contribution is 2.16. The van der Waals surface area contributed by atoms with E-state index in [1.54, 1.807) is 0 Å². The third-order valence-corrected chi connectivity index (χ3v) is 3.71. The number of hydrogen-bond donors (Lipinski definition) is 2. The fraction of sp³-hybridized carbons (Fsp3) is 0.600. The monoisotopic (exact) mass is 232 g/mol. The van der Waals surface area contributed by atoms with E-state index < -0.39 is 0 Å².